The van der Waals surface area contributed by atoms with E-state index in [9.17, 15) is 18.0 Å². The standard InChI is InChI=1S/C13H21GeOS.CHF3O3S/c1-14(2,3)13(16(4)5)12(15)11-9-7-6-8-10-11;2-1(3,4)8(5,6)7/h6-10,13H,1-5H3;(H,5,6,7)/q+1;/p-1. The molecule has 0 aliphatic rings. The number of ketones is 1. The molecule has 0 aromatic heterocycles. The van der Waals surface area contributed by atoms with Gasteiger partial charge in [-0.15, -0.1) is 0 Å². The first kappa shape index (κ1) is 23.5. The fraction of sp³-hybridized carbons (Fsp3) is 0.500. The van der Waals surface area contributed by atoms with Crippen molar-refractivity contribution in [3.05, 3.63) is 35.9 Å². The number of rotatable bonds is 4. The zero-order valence-electron chi connectivity index (χ0n) is 14.0. The van der Waals surface area contributed by atoms with Crippen molar-refractivity contribution in [3.63, 3.8) is 0 Å². The van der Waals surface area contributed by atoms with Gasteiger partial charge in [0.25, 0.3) is 0 Å². The van der Waals surface area contributed by atoms with E-state index >= 15 is 0 Å². The van der Waals surface area contributed by atoms with Crippen LogP contribution in [0.1, 0.15) is 10.4 Å². The third-order valence-corrected chi connectivity index (χ3v) is 15.1. The van der Waals surface area contributed by atoms with E-state index in [-0.39, 0.29) is 10.9 Å². The third kappa shape index (κ3) is 7.58. The largest absolute Gasteiger partial charge is 0.741 e. The molecule has 0 bridgehead atoms. The van der Waals surface area contributed by atoms with Crippen LogP contribution in [0.3, 0.4) is 0 Å². The van der Waals surface area contributed by atoms with Crippen LogP contribution in [-0.4, -0.2) is 54.1 Å². The first-order valence-corrected chi connectivity index (χ1v) is 17.8. The molecule has 1 unspecified atom stereocenters. The summed E-state index contributed by atoms with van der Waals surface area (Å²) in [4.78, 5) is 12.5. The molecule has 1 atom stereocenters. The molecule has 0 aliphatic heterocycles. The average Bonchev–Trinajstić information content (AvgIpc) is 2.35. The molecule has 0 amide bonds. The Morgan fingerprint density at radius 3 is 1.75 bits per heavy atom. The molecule has 10 heteroatoms. The molecular weight excluding hydrogens is 426 g/mol. The number of hydrogen-bond acceptors (Lipinski definition) is 4. The predicted molar refractivity (Wildman–Crippen MR) is 92.9 cm³/mol. The Hall–Kier alpha value is -0.517. The van der Waals surface area contributed by atoms with Gasteiger partial charge in [0, 0.05) is 0 Å². The maximum atomic E-state index is 12.5. The van der Waals surface area contributed by atoms with Gasteiger partial charge in [-0.25, -0.2) is 8.42 Å². The summed E-state index contributed by atoms with van der Waals surface area (Å²) in [5.74, 6) is 7.36. The maximum Gasteiger partial charge on any atom is 0.485 e. The molecule has 24 heavy (non-hydrogen) atoms. The number of hydrogen-bond donors (Lipinski definition) is 0. The van der Waals surface area contributed by atoms with Crippen LogP contribution in [-0.2, 0) is 21.0 Å². The van der Waals surface area contributed by atoms with Gasteiger partial charge in [0.1, 0.15) is 0 Å². The van der Waals surface area contributed by atoms with Gasteiger partial charge in [-0.3, -0.25) is 0 Å². The number of halogens is 3. The van der Waals surface area contributed by atoms with E-state index < -0.39 is 28.9 Å². The van der Waals surface area contributed by atoms with Crippen molar-refractivity contribution in [2.75, 3.05) is 12.5 Å². The Labute approximate surface area is 146 Å². The van der Waals surface area contributed by atoms with Gasteiger partial charge in [0.15, 0.2) is 10.1 Å². The van der Waals surface area contributed by atoms with Crippen molar-refractivity contribution >= 4 is 40.1 Å². The van der Waals surface area contributed by atoms with E-state index in [4.69, 9.17) is 13.0 Å². The van der Waals surface area contributed by atoms with Crippen LogP contribution in [0.2, 0.25) is 17.3 Å². The van der Waals surface area contributed by atoms with Crippen molar-refractivity contribution in [1.82, 2.24) is 0 Å². The Morgan fingerprint density at radius 2 is 1.50 bits per heavy atom. The van der Waals surface area contributed by atoms with Crippen molar-refractivity contribution < 1.29 is 30.9 Å². The summed E-state index contributed by atoms with van der Waals surface area (Å²) in [6.07, 6.45) is 4.39. The Bertz CT molecular complexity index is 638. The summed E-state index contributed by atoms with van der Waals surface area (Å²) in [5.41, 5.74) is -4.76. The molecule has 138 valence electrons. The third-order valence-electron chi connectivity index (χ3n) is 2.84. The molecule has 0 aliphatic carbocycles. The fourth-order valence-corrected chi connectivity index (χ4v) is 14.9. The van der Waals surface area contributed by atoms with Gasteiger partial charge in [0.2, 0.25) is 0 Å². The molecule has 0 radical (unpaired) electrons. The van der Waals surface area contributed by atoms with E-state index in [1.807, 2.05) is 30.3 Å². The Kier molecular flexibility index (Phi) is 8.54. The number of benzene rings is 1. The maximum absolute atomic E-state index is 12.5. The zero-order valence-corrected chi connectivity index (χ0v) is 17.8. The van der Waals surface area contributed by atoms with Crippen LogP contribution in [0.4, 0.5) is 13.2 Å². The van der Waals surface area contributed by atoms with E-state index in [1.165, 1.54) is 0 Å². The molecule has 0 fully saturated rings. The molecule has 1 aromatic rings. The molecule has 0 spiro atoms. The van der Waals surface area contributed by atoms with E-state index in [0.717, 1.165) is 5.56 Å². The molecule has 1 rings (SSSR count). The van der Waals surface area contributed by atoms with Gasteiger partial charge in [-0.1, -0.05) is 0 Å². The van der Waals surface area contributed by atoms with Crippen LogP contribution in [0.15, 0.2) is 30.3 Å². The molecule has 0 saturated carbocycles. The second-order valence-electron chi connectivity index (χ2n) is 6.26. The predicted octanol–water partition coefficient (Wildman–Crippen LogP) is 3.04. The van der Waals surface area contributed by atoms with Crippen molar-refractivity contribution in [3.8, 4) is 0 Å². The van der Waals surface area contributed by atoms with Crippen molar-refractivity contribution in [1.29, 1.82) is 0 Å². The van der Waals surface area contributed by atoms with E-state index in [1.54, 1.807) is 0 Å². The van der Waals surface area contributed by atoms with Crippen LogP contribution in [0.5, 0.6) is 0 Å². The van der Waals surface area contributed by atoms with Gasteiger partial charge >= 0.3 is 110 Å². The monoisotopic (exact) mass is 448 g/mol. The first-order chi connectivity index (χ1) is 10.6. The summed E-state index contributed by atoms with van der Waals surface area (Å²) in [6.45, 7) is 0. The second kappa shape index (κ2) is 8.73. The van der Waals surface area contributed by atoms with Crippen molar-refractivity contribution in [2.24, 2.45) is 0 Å². The summed E-state index contributed by atoms with van der Waals surface area (Å²) in [5, 5.41) is 0. The molecule has 0 saturated heterocycles. The molecule has 0 heterocycles. The fourth-order valence-electron chi connectivity index (χ4n) is 2.07. The van der Waals surface area contributed by atoms with Crippen LogP contribution >= 0.6 is 0 Å². The summed E-state index contributed by atoms with van der Waals surface area (Å²) in [7, 11) is -5.91. The van der Waals surface area contributed by atoms with Gasteiger partial charge < -0.3 is 4.55 Å². The quantitative estimate of drug-likeness (QED) is 0.234. The minimum atomic E-state index is -6.09. The van der Waals surface area contributed by atoms with Gasteiger partial charge in [0.05, 0.1) is 0 Å². The number of carbonyl (C=O) groups excluding carboxylic acids is 1. The summed E-state index contributed by atoms with van der Waals surface area (Å²) >= 11 is -1.94. The van der Waals surface area contributed by atoms with Crippen LogP contribution < -0.4 is 0 Å². The Balaban J connectivity index is 0.000000561. The van der Waals surface area contributed by atoms with E-state index in [0.29, 0.717) is 9.87 Å². The first-order valence-electron chi connectivity index (χ1n) is 6.77. The smallest absolute Gasteiger partial charge is 0.485 e. The van der Waals surface area contributed by atoms with Gasteiger partial charge in [-0.2, -0.15) is 13.2 Å². The molecule has 0 N–H and O–H groups in total. The molecular formula is C14H21F3GeO4S2. The SMILES string of the molecule is C[S+](C)[CH](C(=O)c1ccccc1)[Ge]([CH3])([CH3])[CH3].O=S(=O)([O-])C(F)(F)F. The normalized spacial score (nSPS) is 13.9. The number of carbonyl (C=O) groups is 1. The zero-order chi connectivity index (χ0) is 19.3. The van der Waals surface area contributed by atoms with E-state index in [2.05, 4.69) is 29.8 Å². The number of alkyl halides is 3. The summed E-state index contributed by atoms with van der Waals surface area (Å²) < 4.78 is 59.2. The van der Waals surface area contributed by atoms with Crippen LogP contribution in [0, 0.1) is 0 Å². The topological polar surface area (TPSA) is 74.3 Å². The summed E-state index contributed by atoms with van der Waals surface area (Å²) in [6, 6.07) is 9.74. The molecule has 4 nitrogen and oxygen atoms in total. The number of Topliss-reactive ketones (excluding diaryl/α,β-unsaturated/α-hetero) is 1. The minimum absolute atomic E-state index is 0.180. The van der Waals surface area contributed by atoms with Crippen molar-refractivity contribution in [2.45, 2.75) is 26.9 Å². The van der Waals surface area contributed by atoms with Gasteiger partial charge in [-0.05, 0) is 0 Å². The Morgan fingerprint density at radius 1 is 1.12 bits per heavy atom. The van der Waals surface area contributed by atoms with Crippen LogP contribution in [0.25, 0.3) is 0 Å². The minimum Gasteiger partial charge on any atom is -0.741 e. The second-order valence-corrected chi connectivity index (χ2v) is 21.9. The molecule has 1 aromatic carbocycles. The average molecular weight is 447 g/mol.